The largest absolute Gasteiger partial charge is 0.463 e. The van der Waals surface area contributed by atoms with E-state index < -0.39 is 0 Å². The molecule has 0 radical (unpaired) electrons. The summed E-state index contributed by atoms with van der Waals surface area (Å²) in [5.74, 6) is 0.739. The molecule has 0 aliphatic heterocycles. The van der Waals surface area contributed by atoms with Crippen molar-refractivity contribution in [3.05, 3.63) is 61.0 Å². The highest BCUT2D eigenvalue weighted by Gasteiger charge is 2.12. The van der Waals surface area contributed by atoms with Crippen molar-refractivity contribution in [1.82, 2.24) is 24.0 Å². The average molecular weight is 321 g/mol. The van der Waals surface area contributed by atoms with Gasteiger partial charge in [0.05, 0.1) is 23.0 Å². The number of rotatable bonds is 3. The molecule has 112 valence electrons. The topological polar surface area (TPSA) is 60.6 Å². The van der Waals surface area contributed by atoms with E-state index in [-0.39, 0.29) is 0 Å². The molecule has 5 rings (SSSR count). The first-order valence-corrected chi connectivity index (χ1v) is 8.12. The summed E-state index contributed by atoms with van der Waals surface area (Å²) in [6.07, 6.45) is 7.43. The van der Waals surface area contributed by atoms with Gasteiger partial charge in [-0.1, -0.05) is 17.8 Å². The maximum Gasteiger partial charge on any atom is 0.152 e. The SMILES string of the molecule is c1ccn2cc(CSc3nncn4c3cc3occc34)nc2c1. The maximum absolute atomic E-state index is 5.46. The van der Waals surface area contributed by atoms with Crippen molar-refractivity contribution >= 4 is 34.0 Å². The van der Waals surface area contributed by atoms with Gasteiger partial charge in [-0.2, -0.15) is 0 Å². The lowest BCUT2D eigenvalue weighted by molar-refractivity contribution is 0.616. The van der Waals surface area contributed by atoms with Crippen LogP contribution in [0.4, 0.5) is 0 Å². The molecule has 0 bridgehead atoms. The second kappa shape index (κ2) is 4.85. The molecule has 7 heteroatoms. The van der Waals surface area contributed by atoms with Crippen LogP contribution in [0.25, 0.3) is 22.3 Å². The summed E-state index contributed by atoms with van der Waals surface area (Å²) < 4.78 is 9.48. The fourth-order valence-electron chi connectivity index (χ4n) is 2.72. The number of nitrogens with zero attached hydrogens (tertiary/aromatic N) is 5. The molecule has 5 heterocycles. The zero-order chi connectivity index (χ0) is 15.2. The molecule has 0 N–H and O–H groups in total. The molecular weight excluding hydrogens is 310 g/mol. The average Bonchev–Trinajstić information content (AvgIpc) is 3.26. The van der Waals surface area contributed by atoms with E-state index >= 15 is 0 Å². The molecular formula is C16H11N5OS. The van der Waals surface area contributed by atoms with Gasteiger partial charge in [0.25, 0.3) is 0 Å². The Morgan fingerprint density at radius 3 is 3.13 bits per heavy atom. The Bertz CT molecular complexity index is 1110. The molecule has 23 heavy (non-hydrogen) atoms. The number of aromatic nitrogens is 5. The van der Waals surface area contributed by atoms with Crippen molar-refractivity contribution < 1.29 is 4.42 Å². The first-order valence-electron chi connectivity index (χ1n) is 7.14. The third-order valence-corrected chi connectivity index (χ3v) is 4.77. The summed E-state index contributed by atoms with van der Waals surface area (Å²) in [4.78, 5) is 4.61. The Balaban J connectivity index is 1.50. The van der Waals surface area contributed by atoms with Gasteiger partial charge in [0.2, 0.25) is 0 Å². The van der Waals surface area contributed by atoms with Gasteiger partial charge in [-0.05, 0) is 12.1 Å². The smallest absolute Gasteiger partial charge is 0.152 e. The molecule has 0 atom stereocenters. The fraction of sp³-hybridized carbons (Fsp3) is 0.0625. The Hall–Kier alpha value is -2.80. The van der Waals surface area contributed by atoms with Crippen LogP contribution in [0, 0.1) is 0 Å². The van der Waals surface area contributed by atoms with Gasteiger partial charge >= 0.3 is 0 Å². The van der Waals surface area contributed by atoms with Gasteiger partial charge in [0, 0.05) is 30.3 Å². The third kappa shape index (κ3) is 2.01. The molecule has 0 aliphatic carbocycles. The second-order valence-corrected chi connectivity index (χ2v) is 6.16. The van der Waals surface area contributed by atoms with E-state index in [4.69, 9.17) is 4.42 Å². The van der Waals surface area contributed by atoms with Gasteiger partial charge in [-0.25, -0.2) is 4.98 Å². The van der Waals surface area contributed by atoms with Crippen molar-refractivity contribution in [2.45, 2.75) is 10.8 Å². The predicted octanol–water partition coefficient (Wildman–Crippen LogP) is 3.42. The Morgan fingerprint density at radius 2 is 2.17 bits per heavy atom. The van der Waals surface area contributed by atoms with Crippen LogP contribution < -0.4 is 0 Å². The first-order chi connectivity index (χ1) is 11.4. The molecule has 0 aliphatic rings. The van der Waals surface area contributed by atoms with Crippen LogP contribution >= 0.6 is 11.8 Å². The molecule has 0 saturated heterocycles. The van der Waals surface area contributed by atoms with E-state index in [0.29, 0.717) is 0 Å². The molecule has 5 aromatic heterocycles. The summed E-state index contributed by atoms with van der Waals surface area (Å²) >= 11 is 1.62. The number of thioether (sulfide) groups is 1. The summed E-state index contributed by atoms with van der Waals surface area (Å²) in [7, 11) is 0. The highest BCUT2D eigenvalue weighted by Crippen LogP contribution is 2.29. The first kappa shape index (κ1) is 12.7. The number of fused-ring (bicyclic) bond motifs is 4. The molecule has 6 nitrogen and oxygen atoms in total. The van der Waals surface area contributed by atoms with Gasteiger partial charge in [-0.3, -0.25) is 4.40 Å². The number of furan rings is 1. The molecule has 5 aromatic rings. The van der Waals surface area contributed by atoms with Gasteiger partial charge in [-0.15, -0.1) is 10.2 Å². The Kier molecular flexibility index (Phi) is 2.68. The molecule has 0 fully saturated rings. The van der Waals surface area contributed by atoms with E-state index in [9.17, 15) is 0 Å². The minimum absolute atomic E-state index is 0.739. The van der Waals surface area contributed by atoms with Crippen LogP contribution in [0.3, 0.4) is 0 Å². The number of imidazole rings is 1. The van der Waals surface area contributed by atoms with Crippen molar-refractivity contribution in [2.75, 3.05) is 0 Å². The predicted molar refractivity (Wildman–Crippen MR) is 87.5 cm³/mol. The quantitative estimate of drug-likeness (QED) is 0.477. The molecule has 0 spiro atoms. The highest BCUT2D eigenvalue weighted by molar-refractivity contribution is 7.98. The zero-order valence-electron chi connectivity index (χ0n) is 12.0. The van der Waals surface area contributed by atoms with E-state index in [0.717, 1.165) is 38.7 Å². The molecule has 0 aromatic carbocycles. The van der Waals surface area contributed by atoms with E-state index in [2.05, 4.69) is 15.2 Å². The van der Waals surface area contributed by atoms with Crippen molar-refractivity contribution in [3.63, 3.8) is 0 Å². The van der Waals surface area contributed by atoms with Crippen LogP contribution in [0.2, 0.25) is 0 Å². The lowest BCUT2D eigenvalue weighted by Gasteiger charge is -2.01. The third-order valence-electron chi connectivity index (χ3n) is 3.77. The summed E-state index contributed by atoms with van der Waals surface area (Å²) in [6.45, 7) is 0. The van der Waals surface area contributed by atoms with Crippen molar-refractivity contribution in [3.8, 4) is 0 Å². The van der Waals surface area contributed by atoms with Crippen LogP contribution in [0.5, 0.6) is 0 Å². The molecule has 0 unspecified atom stereocenters. The normalized spacial score (nSPS) is 11.8. The minimum Gasteiger partial charge on any atom is -0.463 e. The highest BCUT2D eigenvalue weighted by atomic mass is 32.2. The van der Waals surface area contributed by atoms with Crippen LogP contribution in [0.1, 0.15) is 5.69 Å². The van der Waals surface area contributed by atoms with Crippen LogP contribution in [0.15, 0.2) is 64.8 Å². The maximum atomic E-state index is 5.46. The van der Waals surface area contributed by atoms with Gasteiger partial charge in [0.1, 0.15) is 17.0 Å². The van der Waals surface area contributed by atoms with E-state index in [1.807, 2.05) is 51.5 Å². The Morgan fingerprint density at radius 1 is 1.17 bits per heavy atom. The molecule has 0 amide bonds. The summed E-state index contributed by atoms with van der Waals surface area (Å²) in [5.41, 5.74) is 4.81. The van der Waals surface area contributed by atoms with E-state index in [1.54, 1.807) is 24.4 Å². The lowest BCUT2D eigenvalue weighted by Crippen LogP contribution is -1.93. The summed E-state index contributed by atoms with van der Waals surface area (Å²) in [5, 5.41) is 9.23. The monoisotopic (exact) mass is 321 g/mol. The zero-order valence-corrected chi connectivity index (χ0v) is 12.8. The summed E-state index contributed by atoms with van der Waals surface area (Å²) in [6, 6.07) is 9.90. The minimum atomic E-state index is 0.739. The van der Waals surface area contributed by atoms with Crippen molar-refractivity contribution in [1.29, 1.82) is 0 Å². The standard InChI is InChI=1S/C16H11N5OS/c1-2-5-20-8-11(18-15(20)3-1)9-23-16-13-7-14-12(4-6-22-14)21(13)10-17-19-16/h1-8,10H,9H2. The number of hydrogen-bond acceptors (Lipinski definition) is 5. The lowest BCUT2D eigenvalue weighted by atomic mass is 10.5. The fourth-order valence-corrected chi connectivity index (χ4v) is 3.55. The van der Waals surface area contributed by atoms with Crippen LogP contribution in [-0.2, 0) is 5.75 Å². The van der Waals surface area contributed by atoms with Gasteiger partial charge < -0.3 is 8.82 Å². The number of pyridine rings is 1. The Labute approximate surface area is 134 Å². The van der Waals surface area contributed by atoms with Crippen molar-refractivity contribution in [2.24, 2.45) is 0 Å². The molecule has 0 saturated carbocycles. The van der Waals surface area contributed by atoms with E-state index in [1.165, 1.54) is 0 Å². The van der Waals surface area contributed by atoms with Crippen LogP contribution in [-0.4, -0.2) is 24.0 Å². The second-order valence-electron chi connectivity index (χ2n) is 5.19. The number of hydrogen-bond donors (Lipinski definition) is 0. The van der Waals surface area contributed by atoms with Gasteiger partial charge in [0.15, 0.2) is 5.58 Å².